The molecule has 1 aromatic carbocycles. The van der Waals surface area contributed by atoms with Crippen molar-refractivity contribution >= 4 is 5.71 Å². The molecule has 2 aliphatic carbocycles. The van der Waals surface area contributed by atoms with Gasteiger partial charge in [0.15, 0.2) is 0 Å². The van der Waals surface area contributed by atoms with Crippen LogP contribution in [0.1, 0.15) is 44.1 Å². The highest BCUT2D eigenvalue weighted by molar-refractivity contribution is 5.88. The predicted octanol–water partition coefficient (Wildman–Crippen LogP) is 4.00. The Morgan fingerprint density at radius 1 is 1.17 bits per heavy atom. The van der Waals surface area contributed by atoms with Gasteiger partial charge in [0.1, 0.15) is 5.75 Å². The highest BCUT2D eigenvalue weighted by Crippen LogP contribution is 2.50. The van der Waals surface area contributed by atoms with Gasteiger partial charge in [0, 0.05) is 11.3 Å². The summed E-state index contributed by atoms with van der Waals surface area (Å²) in [5.41, 5.74) is 0.938. The van der Waals surface area contributed by atoms with Crippen LogP contribution in [0.5, 0.6) is 5.75 Å². The van der Waals surface area contributed by atoms with Gasteiger partial charge in [-0.2, -0.15) is 0 Å². The molecule has 132 valence electrons. The lowest BCUT2D eigenvalue weighted by Crippen LogP contribution is -2.50. The van der Waals surface area contributed by atoms with Crippen LogP contribution in [0.15, 0.2) is 29.4 Å². The van der Waals surface area contributed by atoms with Crippen LogP contribution in [0.3, 0.4) is 0 Å². The van der Waals surface area contributed by atoms with E-state index in [1.807, 2.05) is 0 Å². The molecule has 2 saturated carbocycles. The van der Waals surface area contributed by atoms with Crippen molar-refractivity contribution < 1.29 is 28.2 Å². The second-order valence-electron chi connectivity index (χ2n) is 6.62. The maximum atomic E-state index is 12.3. The van der Waals surface area contributed by atoms with Crippen LogP contribution in [0.25, 0.3) is 0 Å². The van der Waals surface area contributed by atoms with Crippen LogP contribution in [-0.2, 0) is 5.41 Å². The van der Waals surface area contributed by atoms with Gasteiger partial charge in [-0.25, -0.2) is 0 Å². The lowest BCUT2D eigenvalue weighted by Gasteiger charge is -2.48. The molecule has 1 aromatic rings. The second-order valence-corrected chi connectivity index (χ2v) is 6.62. The van der Waals surface area contributed by atoms with Crippen LogP contribution in [-0.4, -0.2) is 28.5 Å². The van der Waals surface area contributed by atoms with Crippen LogP contribution in [0.4, 0.5) is 13.2 Å². The number of aliphatic hydroxyl groups is 1. The van der Waals surface area contributed by atoms with E-state index in [-0.39, 0.29) is 11.7 Å². The number of nitrogens with zero attached hydrogens (tertiary/aromatic N) is 1. The summed E-state index contributed by atoms with van der Waals surface area (Å²) in [7, 11) is 0. The second kappa shape index (κ2) is 6.27. The molecule has 2 N–H and O–H groups in total. The largest absolute Gasteiger partial charge is 0.573 e. The minimum Gasteiger partial charge on any atom is -0.411 e. The number of oxime groups is 1. The molecule has 0 aromatic heterocycles. The van der Waals surface area contributed by atoms with Gasteiger partial charge in [-0.05, 0) is 49.8 Å². The zero-order valence-corrected chi connectivity index (χ0v) is 13.1. The van der Waals surface area contributed by atoms with E-state index in [4.69, 9.17) is 5.21 Å². The Morgan fingerprint density at radius 2 is 1.83 bits per heavy atom. The molecule has 2 fully saturated rings. The number of benzene rings is 1. The molecule has 3 rings (SSSR count). The Balaban J connectivity index is 1.82. The molecule has 0 radical (unpaired) electrons. The minimum atomic E-state index is -4.72. The fourth-order valence-corrected chi connectivity index (χ4v) is 4.01. The Labute approximate surface area is 137 Å². The summed E-state index contributed by atoms with van der Waals surface area (Å²) in [6, 6.07) is 5.75. The van der Waals surface area contributed by atoms with Gasteiger partial charge in [0.2, 0.25) is 0 Å². The van der Waals surface area contributed by atoms with Crippen LogP contribution in [0, 0.1) is 5.92 Å². The van der Waals surface area contributed by atoms with Crippen molar-refractivity contribution in [2.75, 3.05) is 0 Å². The topological polar surface area (TPSA) is 62.1 Å². The molecule has 0 bridgehead atoms. The van der Waals surface area contributed by atoms with Crippen molar-refractivity contribution in [1.29, 1.82) is 0 Å². The van der Waals surface area contributed by atoms with E-state index < -0.39 is 17.9 Å². The van der Waals surface area contributed by atoms with E-state index in [2.05, 4.69) is 9.89 Å². The van der Waals surface area contributed by atoms with Crippen molar-refractivity contribution in [3.8, 4) is 5.75 Å². The van der Waals surface area contributed by atoms with E-state index in [1.165, 1.54) is 12.1 Å². The molecule has 0 heterocycles. The van der Waals surface area contributed by atoms with E-state index >= 15 is 0 Å². The molecule has 24 heavy (non-hydrogen) atoms. The number of hydrogen-bond donors (Lipinski definition) is 2. The Hall–Kier alpha value is -1.76. The Kier molecular flexibility index (Phi) is 4.46. The zero-order chi connectivity index (χ0) is 17.4. The standard InChI is InChI=1S/C17H20F3NO3/c18-17(19,20)24-12-7-5-11(6-8-12)16(9-2-10-16)15(22)13-3-1-4-14(13)21-23/h5-8,13,15,22-23H,1-4,9-10H2/b21-14+/t13-,15+/m0/s1. The molecular formula is C17H20F3NO3. The van der Waals surface area contributed by atoms with Gasteiger partial charge in [-0.3, -0.25) is 0 Å². The number of ether oxygens (including phenoxy) is 1. The SMILES string of the molecule is O/N=C1\CCC[C@@H]1[C@@H](O)C1(c2ccc(OC(F)(F)F)cc2)CCC1. The maximum absolute atomic E-state index is 12.3. The quantitative estimate of drug-likeness (QED) is 0.642. The van der Waals surface area contributed by atoms with Gasteiger partial charge in [0.05, 0.1) is 11.8 Å². The molecule has 0 spiro atoms. The number of rotatable bonds is 4. The number of aliphatic hydroxyl groups excluding tert-OH is 1. The van der Waals surface area contributed by atoms with E-state index in [0.717, 1.165) is 37.7 Å². The smallest absolute Gasteiger partial charge is 0.411 e. The first kappa shape index (κ1) is 17.1. The van der Waals surface area contributed by atoms with Gasteiger partial charge in [0.25, 0.3) is 0 Å². The highest BCUT2D eigenvalue weighted by Gasteiger charge is 2.49. The molecule has 2 aliphatic rings. The van der Waals surface area contributed by atoms with E-state index in [0.29, 0.717) is 12.1 Å². The van der Waals surface area contributed by atoms with Crippen LogP contribution >= 0.6 is 0 Å². The van der Waals surface area contributed by atoms with Gasteiger partial charge in [-0.1, -0.05) is 23.7 Å². The van der Waals surface area contributed by atoms with Crippen molar-refractivity contribution in [3.05, 3.63) is 29.8 Å². The summed E-state index contributed by atoms with van der Waals surface area (Å²) in [4.78, 5) is 0. The summed E-state index contributed by atoms with van der Waals surface area (Å²) < 4.78 is 40.7. The predicted molar refractivity (Wildman–Crippen MR) is 81.2 cm³/mol. The number of halogens is 3. The van der Waals surface area contributed by atoms with E-state index in [9.17, 15) is 18.3 Å². The van der Waals surface area contributed by atoms with Crippen molar-refractivity contribution in [3.63, 3.8) is 0 Å². The van der Waals surface area contributed by atoms with Crippen LogP contribution in [0.2, 0.25) is 0 Å². The van der Waals surface area contributed by atoms with Crippen molar-refractivity contribution in [2.45, 2.75) is 56.4 Å². The zero-order valence-electron chi connectivity index (χ0n) is 13.1. The average molecular weight is 343 g/mol. The van der Waals surface area contributed by atoms with Crippen LogP contribution < -0.4 is 4.74 Å². The maximum Gasteiger partial charge on any atom is 0.573 e. The first-order valence-electron chi connectivity index (χ1n) is 8.11. The fourth-order valence-electron chi connectivity index (χ4n) is 4.01. The third-order valence-electron chi connectivity index (χ3n) is 5.36. The first-order valence-corrected chi connectivity index (χ1v) is 8.11. The third kappa shape index (κ3) is 3.09. The summed E-state index contributed by atoms with van der Waals surface area (Å²) in [6.45, 7) is 0. The monoisotopic (exact) mass is 343 g/mol. The fraction of sp³-hybridized carbons (Fsp3) is 0.588. The molecule has 0 amide bonds. The molecule has 0 saturated heterocycles. The number of hydrogen-bond acceptors (Lipinski definition) is 4. The normalized spacial score (nSPS) is 26.2. The minimum absolute atomic E-state index is 0.193. The molecule has 2 atom stereocenters. The Morgan fingerprint density at radius 3 is 2.33 bits per heavy atom. The van der Waals surface area contributed by atoms with E-state index in [1.54, 1.807) is 12.1 Å². The summed E-state index contributed by atoms with van der Waals surface area (Å²) >= 11 is 0. The van der Waals surface area contributed by atoms with Crippen molar-refractivity contribution in [2.24, 2.45) is 11.1 Å². The van der Waals surface area contributed by atoms with Gasteiger partial charge in [-0.15, -0.1) is 13.2 Å². The first-order chi connectivity index (χ1) is 11.4. The molecule has 7 heteroatoms. The van der Waals surface area contributed by atoms with Gasteiger partial charge >= 0.3 is 6.36 Å². The molecule has 4 nitrogen and oxygen atoms in total. The molecule has 0 unspecified atom stereocenters. The summed E-state index contributed by atoms with van der Waals surface area (Å²) in [5, 5.41) is 23.4. The Bertz CT molecular complexity index is 609. The van der Waals surface area contributed by atoms with Crippen molar-refractivity contribution in [1.82, 2.24) is 0 Å². The third-order valence-corrected chi connectivity index (χ3v) is 5.36. The molecule has 0 aliphatic heterocycles. The average Bonchev–Trinajstić information content (AvgIpc) is 2.94. The summed E-state index contributed by atoms with van der Waals surface area (Å²) in [5.74, 6) is -0.463. The molecular weight excluding hydrogens is 323 g/mol. The lowest BCUT2D eigenvalue weighted by atomic mass is 9.58. The van der Waals surface area contributed by atoms with Gasteiger partial charge < -0.3 is 15.1 Å². The highest BCUT2D eigenvalue weighted by atomic mass is 19.4. The summed E-state index contributed by atoms with van der Waals surface area (Å²) in [6.07, 6.45) is -0.623. The lowest BCUT2D eigenvalue weighted by molar-refractivity contribution is -0.274. The number of alkyl halides is 3.